The predicted octanol–water partition coefficient (Wildman–Crippen LogP) is 2.27. The predicted molar refractivity (Wildman–Crippen MR) is 112 cm³/mol. The van der Waals surface area contributed by atoms with E-state index in [0.717, 1.165) is 22.3 Å². The first-order valence-corrected chi connectivity index (χ1v) is 9.46. The Hall–Kier alpha value is -2.76. The summed E-state index contributed by atoms with van der Waals surface area (Å²) in [5.41, 5.74) is 3.56. The van der Waals surface area contributed by atoms with Gasteiger partial charge >= 0.3 is 5.97 Å². The van der Waals surface area contributed by atoms with Gasteiger partial charge in [-0.2, -0.15) is 0 Å². The molecular weight excluding hydrogens is 353 g/mol. The third-order valence-electron chi connectivity index (χ3n) is 5.41. The van der Waals surface area contributed by atoms with Gasteiger partial charge in [0.2, 0.25) is 5.91 Å². The van der Waals surface area contributed by atoms with E-state index in [0.29, 0.717) is 12.2 Å². The second-order valence-electron chi connectivity index (χ2n) is 7.90. The van der Waals surface area contributed by atoms with Crippen molar-refractivity contribution in [2.24, 2.45) is 0 Å². The van der Waals surface area contributed by atoms with Gasteiger partial charge in [0.05, 0.1) is 24.6 Å². The number of hydrogen-bond donors (Lipinski definition) is 0. The molecule has 0 N–H and O–H groups in total. The molecule has 28 heavy (non-hydrogen) atoms. The van der Waals surface area contributed by atoms with E-state index >= 15 is 0 Å². The lowest BCUT2D eigenvalue weighted by Crippen LogP contribution is -2.38. The number of amides is 1. The lowest BCUT2D eigenvalue weighted by atomic mass is 9.83. The van der Waals surface area contributed by atoms with Crippen molar-refractivity contribution < 1.29 is 19.1 Å². The molecule has 0 radical (unpaired) electrons. The Labute approximate surface area is 167 Å². The van der Waals surface area contributed by atoms with Crippen LogP contribution < -0.4 is 15.1 Å². The molecule has 2 aromatic carbocycles. The molecular formula is C22H26BNO4. The summed E-state index contributed by atoms with van der Waals surface area (Å²) in [6.45, 7) is 6.04. The number of benzene rings is 2. The van der Waals surface area contributed by atoms with Crippen LogP contribution in [-0.2, 0) is 19.7 Å². The third kappa shape index (κ3) is 3.77. The molecule has 0 fully saturated rings. The standard InChI is InChI=1S/C22H26BNO4/c1-14(11-20(25)27-4)15-5-8-17(9-6-15)28-13-24-19-10-7-16(23)12-18(19)22(2,3)21(24)26/h5-10,12,14H,11,13,23H2,1-4H3. The van der Waals surface area contributed by atoms with Crippen LogP contribution in [0, 0.1) is 0 Å². The monoisotopic (exact) mass is 379 g/mol. The molecule has 3 rings (SSSR count). The van der Waals surface area contributed by atoms with Gasteiger partial charge in [-0.25, -0.2) is 0 Å². The number of hydrogen-bond acceptors (Lipinski definition) is 4. The van der Waals surface area contributed by atoms with E-state index in [4.69, 9.17) is 9.47 Å². The average molecular weight is 379 g/mol. The van der Waals surface area contributed by atoms with Crippen molar-refractivity contribution >= 4 is 30.9 Å². The Balaban J connectivity index is 1.69. The fourth-order valence-electron chi connectivity index (χ4n) is 3.56. The summed E-state index contributed by atoms with van der Waals surface area (Å²) in [6.07, 6.45) is 0.338. The molecule has 0 aliphatic carbocycles. The molecule has 6 heteroatoms. The summed E-state index contributed by atoms with van der Waals surface area (Å²) >= 11 is 0. The van der Waals surface area contributed by atoms with E-state index in [1.807, 2.05) is 65.0 Å². The Bertz CT molecular complexity index is 892. The summed E-state index contributed by atoms with van der Waals surface area (Å²) in [4.78, 5) is 26.0. The van der Waals surface area contributed by atoms with Gasteiger partial charge in [-0.15, -0.1) is 0 Å². The minimum atomic E-state index is -0.558. The fraction of sp³-hybridized carbons (Fsp3) is 0.364. The highest BCUT2D eigenvalue weighted by atomic mass is 16.5. The first-order chi connectivity index (χ1) is 13.2. The molecule has 1 unspecified atom stereocenters. The van der Waals surface area contributed by atoms with Crippen molar-refractivity contribution in [3.8, 4) is 5.75 Å². The minimum absolute atomic E-state index is 0.0384. The number of methoxy groups -OCH3 is 1. The van der Waals surface area contributed by atoms with Crippen molar-refractivity contribution in [1.29, 1.82) is 0 Å². The SMILES string of the molecule is Bc1ccc2c(c1)C(C)(C)C(=O)N2COc1ccc(C(C)CC(=O)OC)cc1. The first-order valence-electron chi connectivity index (χ1n) is 9.46. The van der Waals surface area contributed by atoms with Crippen molar-refractivity contribution in [1.82, 2.24) is 0 Å². The lowest BCUT2D eigenvalue weighted by molar-refractivity contribution is -0.141. The van der Waals surface area contributed by atoms with Crippen molar-refractivity contribution in [3.63, 3.8) is 0 Å². The zero-order valence-electron chi connectivity index (χ0n) is 17.1. The number of esters is 1. The molecule has 1 amide bonds. The van der Waals surface area contributed by atoms with Gasteiger partial charge in [0, 0.05) is 0 Å². The molecule has 1 atom stereocenters. The molecule has 0 saturated heterocycles. The van der Waals surface area contributed by atoms with Crippen LogP contribution in [0.2, 0.25) is 0 Å². The molecule has 5 nitrogen and oxygen atoms in total. The summed E-state index contributed by atoms with van der Waals surface area (Å²) in [5, 5.41) is 0. The van der Waals surface area contributed by atoms with Crippen LogP contribution in [0.4, 0.5) is 5.69 Å². The highest BCUT2D eigenvalue weighted by Crippen LogP contribution is 2.40. The summed E-state index contributed by atoms with van der Waals surface area (Å²) < 4.78 is 10.6. The molecule has 146 valence electrons. The summed E-state index contributed by atoms with van der Waals surface area (Å²) in [5.74, 6) is 0.561. The normalized spacial score (nSPS) is 15.9. The van der Waals surface area contributed by atoms with Gasteiger partial charge in [0.1, 0.15) is 13.6 Å². The molecule has 1 heterocycles. The molecule has 0 bridgehead atoms. The summed E-state index contributed by atoms with van der Waals surface area (Å²) in [7, 11) is 3.43. The van der Waals surface area contributed by atoms with E-state index in [1.165, 1.54) is 7.11 Å². The maximum Gasteiger partial charge on any atom is 0.306 e. The molecule has 1 aliphatic rings. The topological polar surface area (TPSA) is 55.8 Å². The second kappa shape index (κ2) is 7.70. The fourth-order valence-corrected chi connectivity index (χ4v) is 3.56. The van der Waals surface area contributed by atoms with Gasteiger partial charge in [-0.3, -0.25) is 14.5 Å². The van der Waals surface area contributed by atoms with Gasteiger partial charge in [-0.05, 0) is 49.1 Å². The largest absolute Gasteiger partial charge is 0.473 e. The van der Waals surface area contributed by atoms with E-state index in [9.17, 15) is 9.59 Å². The van der Waals surface area contributed by atoms with E-state index < -0.39 is 5.41 Å². The Morgan fingerprint density at radius 1 is 1.18 bits per heavy atom. The second-order valence-corrected chi connectivity index (χ2v) is 7.90. The Morgan fingerprint density at radius 3 is 2.50 bits per heavy atom. The quantitative estimate of drug-likeness (QED) is 0.571. The number of rotatable bonds is 6. The van der Waals surface area contributed by atoms with Crippen LogP contribution in [0.15, 0.2) is 42.5 Å². The zero-order chi connectivity index (χ0) is 20.5. The van der Waals surface area contributed by atoms with Gasteiger partial charge in [0.15, 0.2) is 6.73 Å². The zero-order valence-corrected chi connectivity index (χ0v) is 17.1. The van der Waals surface area contributed by atoms with Crippen LogP contribution in [0.5, 0.6) is 5.75 Å². The third-order valence-corrected chi connectivity index (χ3v) is 5.41. The van der Waals surface area contributed by atoms with E-state index in [-0.39, 0.29) is 24.5 Å². The van der Waals surface area contributed by atoms with Crippen LogP contribution in [0.1, 0.15) is 44.2 Å². The molecule has 0 spiro atoms. The van der Waals surface area contributed by atoms with Crippen molar-refractivity contribution in [2.45, 2.75) is 38.5 Å². The maximum atomic E-state index is 12.9. The number of nitrogens with zero attached hydrogens (tertiary/aromatic N) is 1. The van der Waals surface area contributed by atoms with Crippen LogP contribution in [0.25, 0.3) is 0 Å². The maximum absolute atomic E-state index is 12.9. The van der Waals surface area contributed by atoms with Crippen LogP contribution in [-0.4, -0.2) is 33.6 Å². The molecule has 0 aromatic heterocycles. The number of carbonyl (C=O) groups excluding carboxylic acids is 2. The number of ether oxygens (including phenoxy) is 2. The van der Waals surface area contributed by atoms with Crippen LogP contribution >= 0.6 is 0 Å². The van der Waals surface area contributed by atoms with Gasteiger partial charge in [0.25, 0.3) is 0 Å². The first kappa shape index (κ1) is 20.0. The highest BCUT2D eigenvalue weighted by Gasteiger charge is 2.44. The number of fused-ring (bicyclic) bond motifs is 1. The van der Waals surface area contributed by atoms with Crippen molar-refractivity contribution in [2.75, 3.05) is 18.7 Å². The number of carbonyl (C=O) groups is 2. The average Bonchev–Trinajstić information content (AvgIpc) is 2.86. The molecule has 1 aliphatic heterocycles. The Kier molecular flexibility index (Phi) is 5.50. The number of anilines is 1. The minimum Gasteiger partial charge on any atom is -0.473 e. The van der Waals surface area contributed by atoms with Crippen molar-refractivity contribution in [3.05, 3.63) is 53.6 Å². The Morgan fingerprint density at radius 2 is 1.86 bits per heavy atom. The molecule has 2 aromatic rings. The summed E-state index contributed by atoms with van der Waals surface area (Å²) in [6, 6.07) is 13.7. The lowest BCUT2D eigenvalue weighted by Gasteiger charge is -2.21. The molecule has 0 saturated carbocycles. The van der Waals surface area contributed by atoms with E-state index in [2.05, 4.69) is 6.07 Å². The van der Waals surface area contributed by atoms with Crippen LogP contribution in [0.3, 0.4) is 0 Å². The van der Waals surface area contributed by atoms with Gasteiger partial charge in [-0.1, -0.05) is 36.7 Å². The van der Waals surface area contributed by atoms with Gasteiger partial charge < -0.3 is 9.47 Å². The smallest absolute Gasteiger partial charge is 0.306 e. The van der Waals surface area contributed by atoms with E-state index in [1.54, 1.807) is 4.90 Å². The highest BCUT2D eigenvalue weighted by molar-refractivity contribution is 6.32.